The second-order valence-electron chi connectivity index (χ2n) is 3.58. The van der Waals surface area contributed by atoms with Gasteiger partial charge in [-0.1, -0.05) is 12.1 Å². The molecule has 0 fully saturated rings. The van der Waals surface area contributed by atoms with E-state index >= 15 is 0 Å². The summed E-state index contributed by atoms with van der Waals surface area (Å²) in [4.78, 5) is 0. The van der Waals surface area contributed by atoms with Crippen molar-refractivity contribution in [2.24, 2.45) is 0 Å². The molecule has 0 amide bonds. The molecular weight excluding hydrogens is 236 g/mol. The molecule has 0 spiro atoms. The van der Waals surface area contributed by atoms with Crippen LogP contribution in [-0.2, 0) is 6.18 Å². The number of aromatic amines is 1. The van der Waals surface area contributed by atoms with Crippen molar-refractivity contribution in [3.63, 3.8) is 0 Å². The van der Waals surface area contributed by atoms with Gasteiger partial charge in [0.1, 0.15) is 17.1 Å². The minimum absolute atomic E-state index is 0.0863. The van der Waals surface area contributed by atoms with Crippen LogP contribution in [0.3, 0.4) is 0 Å². The summed E-state index contributed by atoms with van der Waals surface area (Å²) in [6.07, 6.45) is -4.52. The summed E-state index contributed by atoms with van der Waals surface area (Å²) in [5.41, 5.74) is -1.13. The third-order valence-corrected chi connectivity index (χ3v) is 2.33. The summed E-state index contributed by atoms with van der Waals surface area (Å²) in [6, 6.07) is 4.91. The van der Waals surface area contributed by atoms with Crippen molar-refractivity contribution in [1.29, 1.82) is 0 Å². The molecule has 1 N–H and O–H groups in total. The van der Waals surface area contributed by atoms with Gasteiger partial charge in [0.15, 0.2) is 0 Å². The fourth-order valence-electron chi connectivity index (χ4n) is 1.62. The summed E-state index contributed by atoms with van der Waals surface area (Å²) in [6.45, 7) is 1.28. The van der Waals surface area contributed by atoms with Gasteiger partial charge in [-0.25, -0.2) is 4.39 Å². The second kappa shape index (κ2) is 3.87. The number of aryl methyl sites for hydroxylation is 1. The Hall–Kier alpha value is -1.85. The number of alkyl halides is 3. The monoisotopic (exact) mass is 244 g/mol. The average molecular weight is 244 g/mol. The summed E-state index contributed by atoms with van der Waals surface area (Å²) in [5.74, 6) is -0.601. The molecule has 90 valence electrons. The molecular formula is C11H8F4N2. The number of H-pyrrole nitrogens is 1. The summed E-state index contributed by atoms with van der Waals surface area (Å²) >= 11 is 0. The molecule has 0 saturated carbocycles. The van der Waals surface area contributed by atoms with Gasteiger partial charge in [-0.2, -0.15) is 18.3 Å². The summed E-state index contributed by atoms with van der Waals surface area (Å²) < 4.78 is 51.3. The normalized spacial score (nSPS) is 11.8. The van der Waals surface area contributed by atoms with Gasteiger partial charge >= 0.3 is 6.18 Å². The number of hydrogen-bond donors (Lipinski definition) is 1. The SMILES string of the molecule is Cc1[nH]nc(-c2cccc(F)c2)c1C(F)(F)F. The molecule has 0 bridgehead atoms. The van der Waals surface area contributed by atoms with Gasteiger partial charge in [-0.15, -0.1) is 0 Å². The highest BCUT2D eigenvalue weighted by molar-refractivity contribution is 5.64. The van der Waals surface area contributed by atoms with Gasteiger partial charge in [-0.05, 0) is 19.1 Å². The quantitative estimate of drug-likeness (QED) is 0.763. The fraction of sp³-hybridized carbons (Fsp3) is 0.182. The number of aromatic nitrogens is 2. The zero-order valence-corrected chi connectivity index (χ0v) is 8.77. The molecule has 0 aliphatic heterocycles. The van der Waals surface area contributed by atoms with Gasteiger partial charge in [0.05, 0.1) is 0 Å². The maximum atomic E-state index is 13.0. The van der Waals surface area contributed by atoms with Crippen molar-refractivity contribution in [3.8, 4) is 11.3 Å². The van der Waals surface area contributed by atoms with Crippen molar-refractivity contribution in [2.75, 3.05) is 0 Å². The summed E-state index contributed by atoms with van der Waals surface area (Å²) in [7, 11) is 0. The minimum Gasteiger partial charge on any atom is -0.282 e. The molecule has 0 unspecified atom stereocenters. The van der Waals surface area contributed by atoms with Crippen LogP contribution in [0.25, 0.3) is 11.3 Å². The molecule has 1 aromatic carbocycles. The highest BCUT2D eigenvalue weighted by Gasteiger charge is 2.37. The summed E-state index contributed by atoms with van der Waals surface area (Å²) in [5, 5.41) is 5.85. The van der Waals surface area contributed by atoms with Crippen molar-refractivity contribution in [3.05, 3.63) is 41.3 Å². The molecule has 17 heavy (non-hydrogen) atoms. The first-order valence-corrected chi connectivity index (χ1v) is 4.77. The highest BCUT2D eigenvalue weighted by atomic mass is 19.4. The predicted octanol–water partition coefficient (Wildman–Crippen LogP) is 3.54. The van der Waals surface area contributed by atoms with Crippen LogP contribution in [0.2, 0.25) is 0 Å². The first kappa shape index (κ1) is 11.6. The van der Waals surface area contributed by atoms with E-state index in [4.69, 9.17) is 0 Å². The smallest absolute Gasteiger partial charge is 0.282 e. The number of hydrogen-bond acceptors (Lipinski definition) is 1. The van der Waals surface area contributed by atoms with E-state index in [-0.39, 0.29) is 17.0 Å². The molecule has 0 radical (unpaired) electrons. The molecule has 2 aromatic rings. The van der Waals surface area contributed by atoms with E-state index in [9.17, 15) is 17.6 Å². The Morgan fingerprint density at radius 1 is 1.24 bits per heavy atom. The average Bonchev–Trinajstić information content (AvgIpc) is 2.59. The van der Waals surface area contributed by atoms with Crippen molar-refractivity contribution in [2.45, 2.75) is 13.1 Å². The van der Waals surface area contributed by atoms with Crippen molar-refractivity contribution in [1.82, 2.24) is 10.2 Å². The number of rotatable bonds is 1. The van der Waals surface area contributed by atoms with Crippen LogP contribution < -0.4 is 0 Å². The molecule has 0 aliphatic rings. The van der Waals surface area contributed by atoms with Crippen molar-refractivity contribution < 1.29 is 17.6 Å². The van der Waals surface area contributed by atoms with Crippen LogP contribution in [0.5, 0.6) is 0 Å². The third-order valence-electron chi connectivity index (χ3n) is 2.33. The lowest BCUT2D eigenvalue weighted by molar-refractivity contribution is -0.137. The first-order valence-electron chi connectivity index (χ1n) is 4.77. The van der Waals surface area contributed by atoms with E-state index in [2.05, 4.69) is 10.2 Å². The lowest BCUT2D eigenvalue weighted by Gasteiger charge is -2.08. The zero-order chi connectivity index (χ0) is 12.6. The Bertz CT molecular complexity index is 543. The fourth-order valence-corrected chi connectivity index (χ4v) is 1.62. The van der Waals surface area contributed by atoms with Gasteiger partial charge in [0, 0.05) is 11.3 Å². The van der Waals surface area contributed by atoms with E-state index in [1.165, 1.54) is 19.1 Å². The Balaban J connectivity index is 2.61. The molecule has 0 saturated heterocycles. The Kier molecular flexibility index (Phi) is 2.65. The van der Waals surface area contributed by atoms with Crippen LogP contribution in [0.1, 0.15) is 11.3 Å². The first-order chi connectivity index (χ1) is 7.89. The lowest BCUT2D eigenvalue weighted by Crippen LogP contribution is -2.07. The van der Waals surface area contributed by atoms with Crippen molar-refractivity contribution >= 4 is 0 Å². The van der Waals surface area contributed by atoms with Gasteiger partial charge < -0.3 is 0 Å². The van der Waals surface area contributed by atoms with E-state index in [0.717, 1.165) is 12.1 Å². The molecule has 6 heteroatoms. The number of nitrogens with one attached hydrogen (secondary N) is 1. The highest BCUT2D eigenvalue weighted by Crippen LogP contribution is 2.37. The zero-order valence-electron chi connectivity index (χ0n) is 8.77. The second-order valence-corrected chi connectivity index (χ2v) is 3.58. The number of benzene rings is 1. The molecule has 1 aromatic heterocycles. The molecule has 2 nitrogen and oxygen atoms in total. The topological polar surface area (TPSA) is 28.7 Å². The number of halogens is 4. The Morgan fingerprint density at radius 3 is 2.53 bits per heavy atom. The molecule has 0 aliphatic carbocycles. The molecule has 2 rings (SSSR count). The van der Waals surface area contributed by atoms with Gasteiger partial charge in [-0.3, -0.25) is 5.10 Å². The van der Waals surface area contributed by atoms with Crippen LogP contribution in [-0.4, -0.2) is 10.2 Å². The van der Waals surface area contributed by atoms with Gasteiger partial charge in [0.25, 0.3) is 0 Å². The van der Waals surface area contributed by atoms with Crippen LogP contribution >= 0.6 is 0 Å². The largest absolute Gasteiger partial charge is 0.420 e. The van der Waals surface area contributed by atoms with E-state index in [0.29, 0.717) is 0 Å². The minimum atomic E-state index is -4.52. The Labute approximate surface area is 94.3 Å². The lowest BCUT2D eigenvalue weighted by atomic mass is 10.1. The van der Waals surface area contributed by atoms with Gasteiger partial charge in [0.2, 0.25) is 0 Å². The van der Waals surface area contributed by atoms with Crippen LogP contribution in [0.4, 0.5) is 17.6 Å². The predicted molar refractivity (Wildman–Crippen MR) is 53.7 cm³/mol. The van der Waals surface area contributed by atoms with E-state index < -0.39 is 17.6 Å². The van der Waals surface area contributed by atoms with E-state index in [1.54, 1.807) is 0 Å². The van der Waals surface area contributed by atoms with E-state index in [1.807, 2.05) is 0 Å². The Morgan fingerprint density at radius 2 is 1.94 bits per heavy atom. The molecule has 0 atom stereocenters. The van der Waals surface area contributed by atoms with Crippen LogP contribution in [0, 0.1) is 12.7 Å². The molecule has 1 heterocycles. The standard InChI is InChI=1S/C11H8F4N2/c1-6-9(11(13,14)15)10(17-16-6)7-3-2-4-8(12)5-7/h2-5H,1H3,(H,16,17). The maximum Gasteiger partial charge on any atom is 0.420 e. The number of nitrogens with zero attached hydrogens (tertiary/aromatic N) is 1. The maximum absolute atomic E-state index is 13.0. The van der Waals surface area contributed by atoms with Crippen LogP contribution in [0.15, 0.2) is 24.3 Å². The third kappa shape index (κ3) is 2.15.